The van der Waals surface area contributed by atoms with Gasteiger partial charge in [0.25, 0.3) is 0 Å². The number of ether oxygens (including phenoxy) is 1. The van der Waals surface area contributed by atoms with E-state index in [4.69, 9.17) is 4.74 Å². The number of hydrogen-bond donors (Lipinski definition) is 1. The normalized spacial score (nSPS) is 21.9. The average molecular weight is 223 g/mol. The van der Waals surface area contributed by atoms with Gasteiger partial charge >= 0.3 is 0 Å². The van der Waals surface area contributed by atoms with Crippen LogP contribution in [0, 0.1) is 0 Å². The minimum atomic E-state index is -0.267. The van der Waals surface area contributed by atoms with Crippen molar-refractivity contribution in [2.75, 3.05) is 13.2 Å². The third-order valence-corrected chi connectivity index (χ3v) is 2.83. The highest BCUT2D eigenvalue weighted by Crippen LogP contribution is 2.11. The van der Waals surface area contributed by atoms with Crippen molar-refractivity contribution >= 4 is 5.91 Å². The number of hydrogen-bond acceptors (Lipinski definition) is 3. The van der Waals surface area contributed by atoms with E-state index in [1.54, 1.807) is 17.1 Å². The van der Waals surface area contributed by atoms with Gasteiger partial charge in [-0.25, -0.2) is 0 Å². The van der Waals surface area contributed by atoms with Gasteiger partial charge in [0.1, 0.15) is 6.04 Å². The molecule has 0 aliphatic carbocycles. The topological polar surface area (TPSA) is 56.1 Å². The molecule has 1 saturated heterocycles. The van der Waals surface area contributed by atoms with Crippen molar-refractivity contribution in [2.24, 2.45) is 0 Å². The molecule has 1 N–H and O–H groups in total. The highest BCUT2D eigenvalue weighted by molar-refractivity contribution is 5.79. The Morgan fingerprint density at radius 3 is 3.25 bits per heavy atom. The molecule has 0 spiro atoms. The summed E-state index contributed by atoms with van der Waals surface area (Å²) in [6.07, 6.45) is 5.78. The summed E-state index contributed by atoms with van der Waals surface area (Å²) in [5.41, 5.74) is 0. The number of carbonyl (C=O) groups excluding carboxylic acids is 1. The smallest absolute Gasteiger partial charge is 0.244 e. The van der Waals surface area contributed by atoms with E-state index in [-0.39, 0.29) is 18.1 Å². The van der Waals surface area contributed by atoms with Gasteiger partial charge in [-0.3, -0.25) is 9.48 Å². The molecule has 88 valence electrons. The molecule has 1 aliphatic heterocycles. The van der Waals surface area contributed by atoms with Gasteiger partial charge in [-0.2, -0.15) is 5.10 Å². The molecule has 5 heteroatoms. The second-order valence-corrected chi connectivity index (χ2v) is 4.04. The standard InChI is InChI=1S/C11H17N3O2/c1-9(14-6-3-5-13-14)11(15)12-8-10-4-2-7-16-10/h3,5-6,9-10H,2,4,7-8H2,1H3,(H,12,15). The summed E-state index contributed by atoms with van der Waals surface area (Å²) in [6, 6.07) is 1.54. The molecule has 0 bridgehead atoms. The number of nitrogens with zero attached hydrogens (tertiary/aromatic N) is 2. The summed E-state index contributed by atoms with van der Waals surface area (Å²) in [5.74, 6) is -0.0146. The van der Waals surface area contributed by atoms with Crippen molar-refractivity contribution < 1.29 is 9.53 Å². The Bertz CT molecular complexity index is 331. The maximum atomic E-state index is 11.8. The summed E-state index contributed by atoms with van der Waals surface area (Å²) in [5, 5.41) is 6.93. The molecule has 0 saturated carbocycles. The first-order chi connectivity index (χ1) is 7.77. The molecule has 1 fully saturated rings. The SMILES string of the molecule is CC(C(=O)NCC1CCCO1)n1cccn1. The molecule has 2 unspecified atom stereocenters. The zero-order valence-electron chi connectivity index (χ0n) is 9.43. The fourth-order valence-corrected chi connectivity index (χ4v) is 1.80. The van der Waals surface area contributed by atoms with Gasteiger partial charge in [-0.05, 0) is 25.8 Å². The van der Waals surface area contributed by atoms with E-state index in [9.17, 15) is 4.79 Å². The highest BCUT2D eigenvalue weighted by atomic mass is 16.5. The lowest BCUT2D eigenvalue weighted by Crippen LogP contribution is -2.36. The third-order valence-electron chi connectivity index (χ3n) is 2.83. The van der Waals surface area contributed by atoms with Gasteiger partial charge in [0, 0.05) is 25.5 Å². The molecule has 0 radical (unpaired) electrons. The zero-order chi connectivity index (χ0) is 11.4. The quantitative estimate of drug-likeness (QED) is 0.819. The fraction of sp³-hybridized carbons (Fsp3) is 0.636. The van der Waals surface area contributed by atoms with E-state index in [0.29, 0.717) is 6.54 Å². The number of amides is 1. The Hall–Kier alpha value is -1.36. The number of rotatable bonds is 4. The second kappa shape index (κ2) is 5.12. The van der Waals surface area contributed by atoms with E-state index in [1.165, 1.54) is 0 Å². The maximum Gasteiger partial charge on any atom is 0.244 e. The van der Waals surface area contributed by atoms with Crippen LogP contribution in [0.15, 0.2) is 18.5 Å². The maximum absolute atomic E-state index is 11.8. The number of aromatic nitrogens is 2. The molecule has 16 heavy (non-hydrogen) atoms. The molecule has 1 aromatic heterocycles. The van der Waals surface area contributed by atoms with Crippen molar-refractivity contribution in [1.82, 2.24) is 15.1 Å². The van der Waals surface area contributed by atoms with E-state index < -0.39 is 0 Å². The predicted molar refractivity (Wildman–Crippen MR) is 58.9 cm³/mol. The van der Waals surface area contributed by atoms with Crippen LogP contribution in [-0.4, -0.2) is 34.9 Å². The summed E-state index contributed by atoms with van der Waals surface area (Å²) in [4.78, 5) is 11.8. The Labute approximate surface area is 94.8 Å². The van der Waals surface area contributed by atoms with Crippen LogP contribution in [0.2, 0.25) is 0 Å². The Kier molecular flexibility index (Phi) is 3.56. The molecule has 1 amide bonds. The van der Waals surface area contributed by atoms with Crippen LogP contribution >= 0.6 is 0 Å². The van der Waals surface area contributed by atoms with Crippen molar-refractivity contribution in [3.63, 3.8) is 0 Å². The largest absolute Gasteiger partial charge is 0.376 e. The molecule has 2 rings (SSSR count). The van der Waals surface area contributed by atoms with Crippen molar-refractivity contribution in [3.8, 4) is 0 Å². The lowest BCUT2D eigenvalue weighted by Gasteiger charge is -2.15. The molecule has 5 nitrogen and oxygen atoms in total. The summed E-state index contributed by atoms with van der Waals surface area (Å²) < 4.78 is 7.08. The third kappa shape index (κ3) is 2.61. The molecule has 1 aliphatic rings. The van der Waals surface area contributed by atoms with E-state index in [1.807, 2.05) is 13.0 Å². The Balaban J connectivity index is 1.79. The Morgan fingerprint density at radius 1 is 1.75 bits per heavy atom. The van der Waals surface area contributed by atoms with Crippen LogP contribution in [0.4, 0.5) is 0 Å². The fourth-order valence-electron chi connectivity index (χ4n) is 1.80. The van der Waals surface area contributed by atoms with Gasteiger partial charge < -0.3 is 10.1 Å². The number of carbonyl (C=O) groups is 1. The van der Waals surface area contributed by atoms with Crippen LogP contribution < -0.4 is 5.32 Å². The van der Waals surface area contributed by atoms with E-state index >= 15 is 0 Å². The molecule has 2 heterocycles. The van der Waals surface area contributed by atoms with Crippen LogP contribution in [-0.2, 0) is 9.53 Å². The van der Waals surface area contributed by atoms with Crippen LogP contribution in [0.5, 0.6) is 0 Å². The molecular formula is C11H17N3O2. The molecular weight excluding hydrogens is 206 g/mol. The van der Waals surface area contributed by atoms with E-state index in [0.717, 1.165) is 19.4 Å². The van der Waals surface area contributed by atoms with Gasteiger partial charge in [0.15, 0.2) is 0 Å². The van der Waals surface area contributed by atoms with Crippen molar-refractivity contribution in [3.05, 3.63) is 18.5 Å². The molecule has 1 aromatic rings. The van der Waals surface area contributed by atoms with Crippen molar-refractivity contribution in [1.29, 1.82) is 0 Å². The predicted octanol–water partition coefficient (Wildman–Crippen LogP) is 0.739. The zero-order valence-corrected chi connectivity index (χ0v) is 9.43. The molecule has 2 atom stereocenters. The average Bonchev–Trinajstić information content (AvgIpc) is 2.96. The van der Waals surface area contributed by atoms with E-state index in [2.05, 4.69) is 10.4 Å². The first-order valence-corrected chi connectivity index (χ1v) is 5.66. The Morgan fingerprint density at radius 2 is 2.62 bits per heavy atom. The summed E-state index contributed by atoms with van der Waals surface area (Å²) in [7, 11) is 0. The van der Waals surface area contributed by atoms with Crippen molar-refractivity contribution in [2.45, 2.75) is 31.9 Å². The second-order valence-electron chi connectivity index (χ2n) is 4.04. The minimum absolute atomic E-state index is 0.0146. The van der Waals surface area contributed by atoms with Gasteiger partial charge in [-0.1, -0.05) is 0 Å². The van der Waals surface area contributed by atoms with Crippen LogP contribution in [0.25, 0.3) is 0 Å². The van der Waals surface area contributed by atoms with Gasteiger partial charge in [0.2, 0.25) is 5.91 Å². The summed E-state index contributed by atoms with van der Waals surface area (Å²) >= 11 is 0. The summed E-state index contributed by atoms with van der Waals surface area (Å²) in [6.45, 7) is 3.25. The van der Waals surface area contributed by atoms with Gasteiger partial charge in [-0.15, -0.1) is 0 Å². The molecule has 0 aromatic carbocycles. The van der Waals surface area contributed by atoms with Crippen LogP contribution in [0.3, 0.4) is 0 Å². The minimum Gasteiger partial charge on any atom is -0.376 e. The lowest BCUT2D eigenvalue weighted by atomic mass is 10.2. The number of nitrogens with one attached hydrogen (secondary N) is 1. The van der Waals surface area contributed by atoms with Gasteiger partial charge in [0.05, 0.1) is 6.10 Å². The first-order valence-electron chi connectivity index (χ1n) is 5.66. The lowest BCUT2D eigenvalue weighted by molar-refractivity contribution is -0.124. The van der Waals surface area contributed by atoms with Crippen LogP contribution in [0.1, 0.15) is 25.8 Å². The monoisotopic (exact) mass is 223 g/mol. The highest BCUT2D eigenvalue weighted by Gasteiger charge is 2.19. The first kappa shape index (κ1) is 11.1.